The highest BCUT2D eigenvalue weighted by molar-refractivity contribution is 7.98. The van der Waals surface area contributed by atoms with Crippen molar-refractivity contribution in [2.75, 3.05) is 31.6 Å². The van der Waals surface area contributed by atoms with E-state index in [-0.39, 0.29) is 0 Å². The Morgan fingerprint density at radius 3 is 2.71 bits per heavy atom. The minimum atomic E-state index is 0.514. The smallest absolute Gasteiger partial charge is 0.0335 e. The second-order valence-corrected chi connectivity index (χ2v) is 6.70. The first kappa shape index (κ1) is 13.7. The highest BCUT2D eigenvalue weighted by Crippen LogP contribution is 2.35. The van der Waals surface area contributed by atoms with Gasteiger partial charge in [0.1, 0.15) is 0 Å². The molecule has 2 nitrogen and oxygen atoms in total. The topological polar surface area (TPSA) is 15.3 Å². The molecule has 1 spiro atoms. The minimum Gasteiger partial charge on any atom is -0.311 e. The third kappa shape index (κ3) is 3.18. The SMILES string of the molecule is CCC1CN(CCSC)C2(CCCCC2)CN1. The largest absolute Gasteiger partial charge is 0.311 e. The van der Waals surface area contributed by atoms with Crippen LogP contribution in [0.25, 0.3) is 0 Å². The van der Waals surface area contributed by atoms with E-state index in [2.05, 4.69) is 23.4 Å². The lowest BCUT2D eigenvalue weighted by Gasteiger charge is -2.52. The molecule has 100 valence electrons. The summed E-state index contributed by atoms with van der Waals surface area (Å²) in [5.74, 6) is 1.29. The third-order valence-corrected chi connectivity index (χ3v) is 5.26. The van der Waals surface area contributed by atoms with Gasteiger partial charge in [0.2, 0.25) is 0 Å². The van der Waals surface area contributed by atoms with Crippen molar-refractivity contribution >= 4 is 11.8 Å². The fourth-order valence-electron chi connectivity index (χ4n) is 3.48. The Hall–Kier alpha value is 0.270. The molecule has 0 aromatic carbocycles. The fourth-order valence-corrected chi connectivity index (χ4v) is 3.88. The van der Waals surface area contributed by atoms with Crippen LogP contribution >= 0.6 is 11.8 Å². The molecule has 0 amide bonds. The molecular formula is C14H28N2S. The van der Waals surface area contributed by atoms with Crippen LogP contribution in [-0.4, -0.2) is 48.1 Å². The Bertz CT molecular complexity index is 226. The van der Waals surface area contributed by atoms with Gasteiger partial charge >= 0.3 is 0 Å². The van der Waals surface area contributed by atoms with E-state index in [0.717, 1.165) is 6.04 Å². The summed E-state index contributed by atoms with van der Waals surface area (Å²) >= 11 is 1.99. The number of rotatable bonds is 4. The van der Waals surface area contributed by atoms with Gasteiger partial charge in [-0.05, 0) is 25.5 Å². The predicted octanol–water partition coefficient (Wildman–Crippen LogP) is 2.74. The molecule has 2 rings (SSSR count). The van der Waals surface area contributed by atoms with Crippen LogP contribution in [0.5, 0.6) is 0 Å². The second kappa shape index (κ2) is 6.44. The molecule has 0 aromatic rings. The van der Waals surface area contributed by atoms with E-state index in [1.54, 1.807) is 0 Å². The van der Waals surface area contributed by atoms with Gasteiger partial charge in [0.15, 0.2) is 0 Å². The molecule has 1 saturated heterocycles. The van der Waals surface area contributed by atoms with Crippen molar-refractivity contribution in [3.63, 3.8) is 0 Å². The van der Waals surface area contributed by atoms with Crippen LogP contribution in [0.1, 0.15) is 45.4 Å². The zero-order valence-electron chi connectivity index (χ0n) is 11.5. The lowest BCUT2D eigenvalue weighted by molar-refractivity contribution is 0.0145. The number of nitrogens with zero attached hydrogens (tertiary/aromatic N) is 1. The van der Waals surface area contributed by atoms with Crippen molar-refractivity contribution in [1.82, 2.24) is 10.2 Å². The molecule has 1 N–H and O–H groups in total. The maximum atomic E-state index is 3.79. The Labute approximate surface area is 111 Å². The Morgan fingerprint density at radius 1 is 1.29 bits per heavy atom. The summed E-state index contributed by atoms with van der Waals surface area (Å²) < 4.78 is 0. The monoisotopic (exact) mass is 256 g/mol. The van der Waals surface area contributed by atoms with Crippen molar-refractivity contribution < 1.29 is 0 Å². The first-order valence-corrected chi connectivity index (χ1v) is 8.67. The molecule has 1 heterocycles. The molecule has 1 aliphatic carbocycles. The molecule has 1 unspecified atom stereocenters. The van der Waals surface area contributed by atoms with Crippen molar-refractivity contribution in [1.29, 1.82) is 0 Å². The summed E-state index contributed by atoms with van der Waals surface area (Å²) in [6.45, 7) is 6.11. The van der Waals surface area contributed by atoms with Crippen molar-refractivity contribution in [2.24, 2.45) is 0 Å². The van der Waals surface area contributed by atoms with Crippen LogP contribution in [0.4, 0.5) is 0 Å². The number of piperazine rings is 1. The van der Waals surface area contributed by atoms with Gasteiger partial charge in [0.05, 0.1) is 0 Å². The van der Waals surface area contributed by atoms with Gasteiger partial charge in [0, 0.05) is 37.0 Å². The molecule has 17 heavy (non-hydrogen) atoms. The maximum Gasteiger partial charge on any atom is 0.0335 e. The molecular weight excluding hydrogens is 228 g/mol. The van der Waals surface area contributed by atoms with E-state index >= 15 is 0 Å². The number of hydrogen-bond acceptors (Lipinski definition) is 3. The Balaban J connectivity index is 2.01. The van der Waals surface area contributed by atoms with Crippen molar-refractivity contribution in [3.8, 4) is 0 Å². The van der Waals surface area contributed by atoms with Gasteiger partial charge in [-0.3, -0.25) is 4.90 Å². The number of thioether (sulfide) groups is 1. The van der Waals surface area contributed by atoms with Crippen LogP contribution in [0.2, 0.25) is 0 Å². The van der Waals surface area contributed by atoms with Gasteiger partial charge in [-0.25, -0.2) is 0 Å². The summed E-state index contributed by atoms with van der Waals surface area (Å²) in [7, 11) is 0. The fraction of sp³-hybridized carbons (Fsp3) is 1.00. The molecule has 0 aromatic heterocycles. The first-order chi connectivity index (χ1) is 8.30. The van der Waals surface area contributed by atoms with Crippen LogP contribution in [0.15, 0.2) is 0 Å². The highest BCUT2D eigenvalue weighted by atomic mass is 32.2. The molecule has 1 atom stereocenters. The standard InChI is InChI=1S/C14H28N2S/c1-3-13-11-16(9-10-17-2)14(12-15-13)7-5-4-6-8-14/h13,15H,3-12H2,1-2H3. The number of nitrogens with one attached hydrogen (secondary N) is 1. The zero-order chi connectivity index (χ0) is 12.1. The van der Waals surface area contributed by atoms with E-state index in [4.69, 9.17) is 0 Å². The first-order valence-electron chi connectivity index (χ1n) is 7.28. The van der Waals surface area contributed by atoms with Crippen LogP contribution in [-0.2, 0) is 0 Å². The maximum absolute atomic E-state index is 3.79. The normalized spacial score (nSPS) is 29.6. The Kier molecular flexibility index (Phi) is 5.19. The summed E-state index contributed by atoms with van der Waals surface area (Å²) in [5, 5.41) is 3.79. The van der Waals surface area contributed by atoms with Gasteiger partial charge < -0.3 is 5.32 Å². The Morgan fingerprint density at radius 2 is 2.06 bits per heavy atom. The molecule has 1 aliphatic heterocycles. The van der Waals surface area contributed by atoms with Crippen LogP contribution in [0.3, 0.4) is 0 Å². The van der Waals surface area contributed by atoms with Gasteiger partial charge in [0.25, 0.3) is 0 Å². The van der Waals surface area contributed by atoms with Crippen molar-refractivity contribution in [3.05, 3.63) is 0 Å². The number of hydrogen-bond donors (Lipinski definition) is 1. The molecule has 1 saturated carbocycles. The average molecular weight is 256 g/mol. The lowest BCUT2D eigenvalue weighted by atomic mass is 9.78. The zero-order valence-corrected chi connectivity index (χ0v) is 12.3. The summed E-state index contributed by atoms with van der Waals surface area (Å²) in [4.78, 5) is 2.83. The van der Waals surface area contributed by atoms with Gasteiger partial charge in [-0.2, -0.15) is 11.8 Å². The summed E-state index contributed by atoms with van der Waals surface area (Å²) in [6.07, 6.45) is 10.7. The average Bonchev–Trinajstić information content (AvgIpc) is 2.39. The van der Waals surface area contributed by atoms with Crippen LogP contribution in [0, 0.1) is 0 Å². The summed E-state index contributed by atoms with van der Waals surface area (Å²) in [6, 6.07) is 0.726. The van der Waals surface area contributed by atoms with E-state index in [0.29, 0.717) is 5.54 Å². The molecule has 0 radical (unpaired) electrons. The third-order valence-electron chi connectivity index (χ3n) is 4.67. The van der Waals surface area contributed by atoms with E-state index in [9.17, 15) is 0 Å². The highest BCUT2D eigenvalue weighted by Gasteiger charge is 2.41. The van der Waals surface area contributed by atoms with Gasteiger partial charge in [-0.15, -0.1) is 0 Å². The quantitative estimate of drug-likeness (QED) is 0.832. The lowest BCUT2D eigenvalue weighted by Crippen LogP contribution is -2.65. The van der Waals surface area contributed by atoms with E-state index < -0.39 is 0 Å². The predicted molar refractivity (Wildman–Crippen MR) is 77.9 cm³/mol. The molecule has 0 bridgehead atoms. The molecule has 2 fully saturated rings. The van der Waals surface area contributed by atoms with E-state index in [1.807, 2.05) is 11.8 Å². The summed E-state index contributed by atoms with van der Waals surface area (Å²) in [5.41, 5.74) is 0.514. The van der Waals surface area contributed by atoms with Crippen LogP contribution < -0.4 is 5.32 Å². The van der Waals surface area contributed by atoms with Crippen molar-refractivity contribution in [2.45, 2.75) is 57.0 Å². The minimum absolute atomic E-state index is 0.514. The van der Waals surface area contributed by atoms with E-state index in [1.165, 1.54) is 63.9 Å². The van der Waals surface area contributed by atoms with Gasteiger partial charge in [-0.1, -0.05) is 26.2 Å². The molecule has 2 aliphatic rings. The second-order valence-electron chi connectivity index (χ2n) is 5.71. The molecule has 3 heteroatoms.